The van der Waals surface area contributed by atoms with E-state index in [1.165, 1.54) is 17.5 Å². The molecule has 2 aliphatic rings. The van der Waals surface area contributed by atoms with Crippen LogP contribution in [-0.2, 0) is 22.4 Å². The van der Waals surface area contributed by atoms with Gasteiger partial charge < -0.3 is 15.3 Å². The molecule has 9 heteroatoms. The van der Waals surface area contributed by atoms with Crippen molar-refractivity contribution in [2.75, 3.05) is 26.2 Å². The minimum Gasteiger partial charge on any atom is -0.475 e. The number of aliphatic carboxylic acids is 1. The van der Waals surface area contributed by atoms with Crippen molar-refractivity contribution in [1.82, 2.24) is 10.2 Å². The quantitative estimate of drug-likeness (QED) is 0.720. The summed E-state index contributed by atoms with van der Waals surface area (Å²) in [6, 6.07) is 6.05. The Labute approximate surface area is 173 Å². The third-order valence-electron chi connectivity index (χ3n) is 5.19. The first-order valence-corrected chi connectivity index (χ1v) is 10.1. The highest BCUT2D eigenvalue weighted by molar-refractivity contribution is 5.98. The van der Waals surface area contributed by atoms with Gasteiger partial charge in [-0.3, -0.25) is 9.59 Å². The number of rotatable bonds is 4. The fourth-order valence-corrected chi connectivity index (χ4v) is 3.51. The lowest BCUT2D eigenvalue weighted by Crippen LogP contribution is -2.35. The van der Waals surface area contributed by atoms with Gasteiger partial charge in [0.2, 0.25) is 5.91 Å². The van der Waals surface area contributed by atoms with Crippen LogP contribution in [0.15, 0.2) is 18.2 Å². The van der Waals surface area contributed by atoms with Gasteiger partial charge in [0, 0.05) is 31.5 Å². The molecule has 166 valence electrons. The summed E-state index contributed by atoms with van der Waals surface area (Å²) in [6.07, 6.45) is 0.994. The lowest BCUT2D eigenvalue weighted by Gasteiger charge is -2.26. The summed E-state index contributed by atoms with van der Waals surface area (Å²) in [4.78, 5) is 35.4. The number of Topliss-reactive ketones (excluding diaryl/α,β-unsaturated/α-hetero) is 1. The number of benzene rings is 1. The molecule has 0 unspecified atom stereocenters. The number of carboxylic acids is 1. The second-order valence-corrected chi connectivity index (χ2v) is 7.40. The fourth-order valence-electron chi connectivity index (χ4n) is 3.51. The Morgan fingerprint density at radius 1 is 0.967 bits per heavy atom. The highest BCUT2D eigenvalue weighted by atomic mass is 19.4. The number of hydrogen-bond acceptors (Lipinski definition) is 4. The van der Waals surface area contributed by atoms with Crippen LogP contribution in [0.2, 0.25) is 0 Å². The third kappa shape index (κ3) is 7.44. The normalized spacial score (nSPS) is 16.6. The van der Waals surface area contributed by atoms with Gasteiger partial charge in [0.25, 0.3) is 0 Å². The Morgan fingerprint density at radius 3 is 2.17 bits per heavy atom. The van der Waals surface area contributed by atoms with E-state index in [4.69, 9.17) is 9.90 Å². The minimum atomic E-state index is -5.08. The average Bonchev–Trinajstić information content (AvgIpc) is 2.97. The number of alkyl halides is 3. The molecule has 1 saturated heterocycles. The number of likely N-dealkylation sites (tertiary alicyclic amines) is 1. The number of carbonyl (C=O) groups is 3. The van der Waals surface area contributed by atoms with Crippen LogP contribution in [0.25, 0.3) is 0 Å². The average molecular weight is 428 g/mol. The molecule has 1 fully saturated rings. The van der Waals surface area contributed by atoms with Gasteiger partial charge in [-0.1, -0.05) is 12.1 Å². The summed E-state index contributed by atoms with van der Waals surface area (Å²) in [6.45, 7) is 3.69. The molecule has 0 aromatic heterocycles. The van der Waals surface area contributed by atoms with Crippen molar-refractivity contribution in [3.05, 3.63) is 34.9 Å². The Hall–Kier alpha value is -2.42. The second kappa shape index (κ2) is 11.1. The van der Waals surface area contributed by atoms with Crippen molar-refractivity contribution in [2.24, 2.45) is 0 Å². The van der Waals surface area contributed by atoms with Crippen LogP contribution in [0.4, 0.5) is 13.2 Å². The first kappa shape index (κ1) is 23.9. The highest BCUT2D eigenvalue weighted by Gasteiger charge is 2.38. The van der Waals surface area contributed by atoms with Gasteiger partial charge in [0.1, 0.15) is 0 Å². The lowest BCUT2D eigenvalue weighted by atomic mass is 9.97. The van der Waals surface area contributed by atoms with Crippen molar-refractivity contribution in [3.63, 3.8) is 0 Å². The predicted octanol–water partition coefficient (Wildman–Crippen LogP) is 2.98. The molecule has 3 rings (SSSR count). The first-order chi connectivity index (χ1) is 14.2. The SMILES string of the molecule is O=C(CCC(=O)N1CCCCC1)c1ccc2c(c1)CCNCC2.O=C(O)C(F)(F)F. The molecule has 30 heavy (non-hydrogen) atoms. The summed E-state index contributed by atoms with van der Waals surface area (Å²) in [5.74, 6) is -2.53. The fraction of sp³-hybridized carbons (Fsp3) is 0.571. The van der Waals surface area contributed by atoms with Crippen LogP contribution in [0.1, 0.15) is 53.6 Å². The van der Waals surface area contributed by atoms with Crippen molar-refractivity contribution >= 4 is 17.7 Å². The van der Waals surface area contributed by atoms with E-state index in [0.717, 1.165) is 57.4 Å². The van der Waals surface area contributed by atoms with Crippen LogP contribution < -0.4 is 5.32 Å². The number of carboxylic acid groups (broad SMARTS) is 1. The van der Waals surface area contributed by atoms with E-state index in [1.54, 1.807) is 0 Å². The number of fused-ring (bicyclic) bond motifs is 1. The maximum Gasteiger partial charge on any atom is 0.490 e. The van der Waals surface area contributed by atoms with Crippen LogP contribution >= 0.6 is 0 Å². The van der Waals surface area contributed by atoms with Crippen LogP contribution in [0, 0.1) is 0 Å². The second-order valence-electron chi connectivity index (χ2n) is 7.40. The van der Waals surface area contributed by atoms with E-state index in [2.05, 4.69) is 11.4 Å². The van der Waals surface area contributed by atoms with E-state index in [1.807, 2.05) is 17.0 Å². The molecule has 6 nitrogen and oxygen atoms in total. The van der Waals surface area contributed by atoms with Crippen LogP contribution in [-0.4, -0.2) is 60.0 Å². The molecule has 0 atom stereocenters. The number of carbonyl (C=O) groups excluding carboxylic acids is 2. The summed E-state index contributed by atoms with van der Waals surface area (Å²) < 4.78 is 31.7. The van der Waals surface area contributed by atoms with Crippen LogP contribution in [0.3, 0.4) is 0 Å². The largest absolute Gasteiger partial charge is 0.490 e. The summed E-state index contributed by atoms with van der Waals surface area (Å²) in [5, 5.41) is 10.5. The number of nitrogens with one attached hydrogen (secondary N) is 1. The van der Waals surface area contributed by atoms with Gasteiger partial charge in [-0.15, -0.1) is 0 Å². The molecule has 0 radical (unpaired) electrons. The Balaban J connectivity index is 0.000000396. The molecule has 0 saturated carbocycles. The summed E-state index contributed by atoms with van der Waals surface area (Å²) >= 11 is 0. The molecule has 1 aromatic rings. The number of piperidine rings is 1. The third-order valence-corrected chi connectivity index (χ3v) is 5.19. The highest BCUT2D eigenvalue weighted by Crippen LogP contribution is 2.18. The topological polar surface area (TPSA) is 86.7 Å². The maximum atomic E-state index is 12.4. The summed E-state index contributed by atoms with van der Waals surface area (Å²) in [7, 11) is 0. The summed E-state index contributed by atoms with van der Waals surface area (Å²) in [5.41, 5.74) is 3.39. The molecule has 2 N–H and O–H groups in total. The monoisotopic (exact) mass is 428 g/mol. The molecule has 2 aliphatic heterocycles. The van der Waals surface area contributed by atoms with E-state index < -0.39 is 12.1 Å². The molecular formula is C21H27F3N2O4. The number of amides is 1. The van der Waals surface area contributed by atoms with Gasteiger partial charge in [-0.25, -0.2) is 4.79 Å². The van der Waals surface area contributed by atoms with Gasteiger partial charge in [0.05, 0.1) is 0 Å². The number of hydrogen-bond donors (Lipinski definition) is 2. The smallest absolute Gasteiger partial charge is 0.475 e. The Kier molecular flexibility index (Phi) is 8.83. The van der Waals surface area contributed by atoms with Crippen molar-refractivity contribution in [1.29, 1.82) is 0 Å². The number of ketones is 1. The standard InChI is InChI=1S/C19H26N2O2.C2HF3O2/c22-18(6-7-19(23)21-12-2-1-3-13-21)17-5-4-15-8-10-20-11-9-16(15)14-17;3-2(4,5)1(6)7/h4-5,14,20H,1-3,6-13H2;(H,6,7). The lowest BCUT2D eigenvalue weighted by molar-refractivity contribution is -0.192. The molecule has 0 aliphatic carbocycles. The van der Waals surface area contributed by atoms with Crippen LogP contribution in [0.5, 0.6) is 0 Å². The molecule has 1 amide bonds. The van der Waals surface area contributed by atoms with Gasteiger partial charge in [0.15, 0.2) is 5.78 Å². The van der Waals surface area contributed by atoms with Crippen molar-refractivity contribution in [3.8, 4) is 0 Å². The zero-order valence-corrected chi connectivity index (χ0v) is 16.8. The molecule has 1 aromatic carbocycles. The van der Waals surface area contributed by atoms with Gasteiger partial charge in [-0.2, -0.15) is 13.2 Å². The Morgan fingerprint density at radius 2 is 1.57 bits per heavy atom. The van der Waals surface area contributed by atoms with E-state index in [9.17, 15) is 22.8 Å². The van der Waals surface area contributed by atoms with E-state index in [0.29, 0.717) is 12.8 Å². The zero-order chi connectivity index (χ0) is 22.1. The molecule has 2 heterocycles. The van der Waals surface area contributed by atoms with E-state index >= 15 is 0 Å². The first-order valence-electron chi connectivity index (χ1n) is 10.1. The van der Waals surface area contributed by atoms with E-state index in [-0.39, 0.29) is 11.7 Å². The number of nitrogens with zero attached hydrogens (tertiary/aromatic N) is 1. The molecule has 0 spiro atoms. The van der Waals surface area contributed by atoms with Gasteiger partial charge >= 0.3 is 12.1 Å². The maximum absolute atomic E-state index is 12.4. The van der Waals surface area contributed by atoms with Crippen molar-refractivity contribution in [2.45, 2.75) is 51.1 Å². The predicted molar refractivity (Wildman–Crippen MR) is 104 cm³/mol. The van der Waals surface area contributed by atoms with Gasteiger partial charge in [-0.05, 0) is 62.4 Å². The molecule has 0 bridgehead atoms. The zero-order valence-electron chi connectivity index (χ0n) is 16.8. The number of halogens is 3. The minimum absolute atomic E-state index is 0.0929. The molecular weight excluding hydrogens is 401 g/mol. The van der Waals surface area contributed by atoms with Crippen molar-refractivity contribution < 1.29 is 32.7 Å². The Bertz CT molecular complexity index is 759.